The average Bonchev–Trinajstić information content (AvgIpc) is 2.66. The molecule has 2 N–H and O–H groups in total. The molecule has 0 radical (unpaired) electrons. The molecule has 5 nitrogen and oxygen atoms in total. The van der Waals surface area contributed by atoms with Crippen molar-refractivity contribution < 1.29 is 0 Å². The fourth-order valence-corrected chi connectivity index (χ4v) is 1.78. The fourth-order valence-electron chi connectivity index (χ4n) is 1.78. The second-order valence-corrected chi connectivity index (χ2v) is 4.48. The lowest BCUT2D eigenvalue weighted by Gasteiger charge is -2.30. The van der Waals surface area contributed by atoms with E-state index in [0.717, 1.165) is 31.4 Å². The van der Waals surface area contributed by atoms with E-state index in [1.54, 1.807) is 0 Å². The van der Waals surface area contributed by atoms with Crippen molar-refractivity contribution in [3.8, 4) is 0 Å². The first-order valence-corrected chi connectivity index (χ1v) is 5.57. The molecule has 1 fully saturated rings. The highest BCUT2D eigenvalue weighted by Gasteiger charge is 2.19. The predicted octanol–water partition coefficient (Wildman–Crippen LogP) is 0.726. The standard InChI is InChI=1S/C10H19N5/c1-7(2)9-12-10(14-13-9)15-5-4-11-8(3)6-15/h7-8,11H,4-6H2,1-3H3,(H,12,13,14)/t8-/m1/s1. The average molecular weight is 209 g/mol. The van der Waals surface area contributed by atoms with Crippen LogP contribution in [0.2, 0.25) is 0 Å². The summed E-state index contributed by atoms with van der Waals surface area (Å²) in [6, 6.07) is 0.514. The summed E-state index contributed by atoms with van der Waals surface area (Å²) in [5.41, 5.74) is 0. The van der Waals surface area contributed by atoms with Crippen LogP contribution < -0.4 is 10.2 Å². The first kappa shape index (κ1) is 10.4. The van der Waals surface area contributed by atoms with Crippen LogP contribution in [0.1, 0.15) is 32.5 Å². The third-order valence-corrected chi connectivity index (χ3v) is 2.69. The summed E-state index contributed by atoms with van der Waals surface area (Å²) < 4.78 is 0. The summed E-state index contributed by atoms with van der Waals surface area (Å²) in [6.07, 6.45) is 0. The Morgan fingerprint density at radius 2 is 2.27 bits per heavy atom. The minimum Gasteiger partial charge on any atom is -0.337 e. The van der Waals surface area contributed by atoms with Crippen LogP contribution in [-0.2, 0) is 0 Å². The van der Waals surface area contributed by atoms with Crippen LogP contribution in [0.25, 0.3) is 0 Å². The zero-order valence-corrected chi connectivity index (χ0v) is 9.62. The molecule has 0 spiro atoms. The van der Waals surface area contributed by atoms with E-state index < -0.39 is 0 Å². The summed E-state index contributed by atoms with van der Waals surface area (Å²) >= 11 is 0. The van der Waals surface area contributed by atoms with Crippen LogP contribution in [0.4, 0.5) is 5.95 Å². The van der Waals surface area contributed by atoms with Gasteiger partial charge in [-0.25, -0.2) is 0 Å². The molecule has 1 aromatic rings. The van der Waals surface area contributed by atoms with E-state index in [2.05, 4.69) is 46.2 Å². The number of rotatable bonds is 2. The smallest absolute Gasteiger partial charge is 0.244 e. The maximum Gasteiger partial charge on any atom is 0.244 e. The van der Waals surface area contributed by atoms with Crippen molar-refractivity contribution in [2.45, 2.75) is 32.7 Å². The van der Waals surface area contributed by atoms with E-state index >= 15 is 0 Å². The van der Waals surface area contributed by atoms with Gasteiger partial charge in [0.15, 0.2) is 0 Å². The minimum atomic E-state index is 0.409. The first-order valence-electron chi connectivity index (χ1n) is 5.57. The van der Waals surface area contributed by atoms with Gasteiger partial charge >= 0.3 is 0 Å². The molecule has 2 heterocycles. The van der Waals surface area contributed by atoms with Crippen LogP contribution in [0, 0.1) is 0 Å². The number of hydrogen-bond donors (Lipinski definition) is 2. The van der Waals surface area contributed by atoms with Gasteiger partial charge in [0.1, 0.15) is 5.82 Å². The summed E-state index contributed by atoms with van der Waals surface area (Å²) in [5, 5.41) is 10.7. The van der Waals surface area contributed by atoms with Gasteiger partial charge in [-0.15, -0.1) is 5.10 Å². The molecule has 0 aromatic carbocycles. The van der Waals surface area contributed by atoms with E-state index in [0.29, 0.717) is 12.0 Å². The topological polar surface area (TPSA) is 56.8 Å². The summed E-state index contributed by atoms with van der Waals surface area (Å²) in [5.74, 6) is 2.22. The SMILES string of the molecule is CC(C)c1nc(N2CCN[C@H](C)C2)n[nH]1. The molecule has 15 heavy (non-hydrogen) atoms. The van der Waals surface area contributed by atoms with Crippen molar-refractivity contribution in [3.63, 3.8) is 0 Å². The van der Waals surface area contributed by atoms with Crippen LogP contribution >= 0.6 is 0 Å². The Hall–Kier alpha value is -1.10. The van der Waals surface area contributed by atoms with Gasteiger partial charge in [0.25, 0.3) is 0 Å². The lowest BCUT2D eigenvalue weighted by molar-refractivity contribution is 0.479. The van der Waals surface area contributed by atoms with Crippen LogP contribution in [0.3, 0.4) is 0 Å². The highest BCUT2D eigenvalue weighted by atomic mass is 15.4. The maximum absolute atomic E-state index is 4.50. The number of anilines is 1. The van der Waals surface area contributed by atoms with Crippen molar-refractivity contribution in [2.24, 2.45) is 0 Å². The number of piperazine rings is 1. The Bertz CT molecular complexity index is 319. The number of hydrogen-bond acceptors (Lipinski definition) is 4. The highest BCUT2D eigenvalue weighted by Crippen LogP contribution is 2.14. The quantitative estimate of drug-likeness (QED) is 0.754. The van der Waals surface area contributed by atoms with E-state index in [4.69, 9.17) is 0 Å². The van der Waals surface area contributed by atoms with Crippen LogP contribution in [0.15, 0.2) is 0 Å². The molecule has 1 atom stereocenters. The summed E-state index contributed by atoms with van der Waals surface area (Å²) in [7, 11) is 0. The van der Waals surface area contributed by atoms with Gasteiger partial charge in [-0.2, -0.15) is 4.98 Å². The first-order chi connectivity index (χ1) is 7.16. The van der Waals surface area contributed by atoms with Crippen molar-refractivity contribution in [2.75, 3.05) is 24.5 Å². The molecule has 0 bridgehead atoms. The molecule has 1 aliphatic heterocycles. The maximum atomic E-state index is 4.50. The second kappa shape index (κ2) is 4.18. The zero-order valence-electron chi connectivity index (χ0n) is 9.62. The Balaban J connectivity index is 2.08. The molecule has 1 aliphatic rings. The predicted molar refractivity (Wildman–Crippen MR) is 60.1 cm³/mol. The highest BCUT2D eigenvalue weighted by molar-refractivity contribution is 5.30. The normalized spacial score (nSPS) is 22.4. The molecule has 0 saturated carbocycles. The molecule has 0 aliphatic carbocycles. The van der Waals surface area contributed by atoms with E-state index in [-0.39, 0.29) is 0 Å². The van der Waals surface area contributed by atoms with Crippen molar-refractivity contribution in [1.29, 1.82) is 0 Å². The summed E-state index contributed by atoms with van der Waals surface area (Å²) in [6.45, 7) is 9.39. The Morgan fingerprint density at radius 3 is 2.87 bits per heavy atom. The number of aromatic nitrogens is 3. The van der Waals surface area contributed by atoms with Crippen molar-refractivity contribution >= 4 is 5.95 Å². The van der Waals surface area contributed by atoms with Crippen molar-refractivity contribution in [1.82, 2.24) is 20.5 Å². The molecular weight excluding hydrogens is 190 g/mol. The third kappa shape index (κ3) is 2.28. The summed E-state index contributed by atoms with van der Waals surface area (Å²) in [4.78, 5) is 6.73. The molecule has 1 saturated heterocycles. The molecule has 5 heteroatoms. The molecule has 84 valence electrons. The van der Waals surface area contributed by atoms with E-state index in [1.807, 2.05) is 0 Å². The monoisotopic (exact) mass is 209 g/mol. The minimum absolute atomic E-state index is 0.409. The third-order valence-electron chi connectivity index (χ3n) is 2.69. The number of H-pyrrole nitrogens is 1. The van der Waals surface area contributed by atoms with Crippen LogP contribution in [0.5, 0.6) is 0 Å². The van der Waals surface area contributed by atoms with Gasteiger partial charge in [-0.3, -0.25) is 5.10 Å². The van der Waals surface area contributed by atoms with Gasteiger partial charge in [0.2, 0.25) is 5.95 Å². The number of nitrogens with zero attached hydrogens (tertiary/aromatic N) is 3. The molecule has 1 aromatic heterocycles. The Morgan fingerprint density at radius 1 is 1.47 bits per heavy atom. The van der Waals surface area contributed by atoms with Gasteiger partial charge in [0.05, 0.1) is 0 Å². The Kier molecular flexibility index (Phi) is 2.90. The van der Waals surface area contributed by atoms with Crippen molar-refractivity contribution in [3.05, 3.63) is 5.82 Å². The van der Waals surface area contributed by atoms with Gasteiger partial charge in [-0.1, -0.05) is 13.8 Å². The second-order valence-electron chi connectivity index (χ2n) is 4.48. The lowest BCUT2D eigenvalue weighted by Crippen LogP contribution is -2.49. The fraction of sp³-hybridized carbons (Fsp3) is 0.800. The zero-order chi connectivity index (χ0) is 10.8. The molecular formula is C10H19N5. The molecule has 0 amide bonds. The van der Waals surface area contributed by atoms with Gasteiger partial charge in [0, 0.05) is 31.6 Å². The van der Waals surface area contributed by atoms with Crippen LogP contribution in [-0.4, -0.2) is 40.9 Å². The largest absolute Gasteiger partial charge is 0.337 e. The van der Waals surface area contributed by atoms with Gasteiger partial charge in [-0.05, 0) is 6.92 Å². The molecule has 2 rings (SSSR count). The lowest BCUT2D eigenvalue weighted by atomic mass is 10.2. The Labute approximate surface area is 90.3 Å². The molecule has 0 unspecified atom stereocenters. The number of aromatic amines is 1. The van der Waals surface area contributed by atoms with E-state index in [9.17, 15) is 0 Å². The van der Waals surface area contributed by atoms with Gasteiger partial charge < -0.3 is 10.2 Å². The number of nitrogens with one attached hydrogen (secondary N) is 2. The van der Waals surface area contributed by atoms with E-state index in [1.165, 1.54) is 0 Å².